The van der Waals surface area contributed by atoms with Gasteiger partial charge in [-0.15, -0.1) is 0 Å². The number of benzene rings is 2. The van der Waals surface area contributed by atoms with Gasteiger partial charge in [0.2, 0.25) is 0 Å². The van der Waals surface area contributed by atoms with E-state index in [4.69, 9.17) is 10.00 Å². The largest absolute Gasteiger partial charge is 0.480 e. The summed E-state index contributed by atoms with van der Waals surface area (Å²) in [6.45, 7) is 0. The van der Waals surface area contributed by atoms with Crippen molar-refractivity contribution >= 4 is 11.6 Å². The van der Waals surface area contributed by atoms with E-state index in [1.807, 2.05) is 24.3 Å². The third-order valence-electron chi connectivity index (χ3n) is 3.30. The molecule has 0 saturated heterocycles. The highest BCUT2D eigenvalue weighted by Gasteiger charge is 2.29. The number of amides is 1. The zero-order chi connectivity index (χ0) is 14.8. The first-order chi connectivity index (χ1) is 10.2. The Morgan fingerprint density at radius 1 is 1.33 bits per heavy atom. The minimum absolute atomic E-state index is 0.0403. The van der Waals surface area contributed by atoms with Gasteiger partial charge in [-0.2, -0.15) is 5.26 Å². The van der Waals surface area contributed by atoms with Crippen LogP contribution in [0.3, 0.4) is 0 Å². The SMILES string of the molecule is N#Cc1ccc(NC(=O)C2Cc3ccccc3O2)c(F)c1. The molecule has 5 heteroatoms. The summed E-state index contributed by atoms with van der Waals surface area (Å²) < 4.78 is 19.3. The molecule has 4 nitrogen and oxygen atoms in total. The number of fused-ring (bicyclic) bond motifs is 1. The first-order valence-electron chi connectivity index (χ1n) is 6.42. The third-order valence-corrected chi connectivity index (χ3v) is 3.30. The van der Waals surface area contributed by atoms with Crippen LogP contribution in [0.4, 0.5) is 10.1 Å². The Morgan fingerprint density at radius 3 is 2.86 bits per heavy atom. The number of rotatable bonds is 2. The molecular weight excluding hydrogens is 271 g/mol. The van der Waals surface area contributed by atoms with E-state index in [2.05, 4.69) is 5.32 Å². The van der Waals surface area contributed by atoms with Crippen LogP contribution < -0.4 is 10.1 Å². The number of carbonyl (C=O) groups is 1. The second-order valence-corrected chi connectivity index (χ2v) is 4.71. The molecule has 1 amide bonds. The molecule has 1 aliphatic heterocycles. The zero-order valence-corrected chi connectivity index (χ0v) is 11.0. The molecule has 1 heterocycles. The summed E-state index contributed by atoms with van der Waals surface area (Å²) in [5.74, 6) is -0.370. The van der Waals surface area contributed by atoms with Gasteiger partial charge >= 0.3 is 0 Å². The number of hydrogen-bond donors (Lipinski definition) is 1. The lowest BCUT2D eigenvalue weighted by molar-refractivity contribution is -0.122. The van der Waals surface area contributed by atoms with Gasteiger partial charge in [0.1, 0.15) is 11.6 Å². The number of hydrogen-bond acceptors (Lipinski definition) is 3. The van der Waals surface area contributed by atoms with Gasteiger partial charge in [0, 0.05) is 6.42 Å². The number of anilines is 1. The summed E-state index contributed by atoms with van der Waals surface area (Å²) in [7, 11) is 0. The Morgan fingerprint density at radius 2 is 2.14 bits per heavy atom. The van der Waals surface area contributed by atoms with Crippen molar-refractivity contribution in [1.82, 2.24) is 0 Å². The Hall–Kier alpha value is -2.87. The van der Waals surface area contributed by atoms with E-state index in [1.54, 1.807) is 6.07 Å². The highest BCUT2D eigenvalue weighted by Crippen LogP contribution is 2.28. The van der Waals surface area contributed by atoms with Crippen molar-refractivity contribution in [3.8, 4) is 11.8 Å². The van der Waals surface area contributed by atoms with Gasteiger partial charge in [0.05, 0.1) is 17.3 Å². The average Bonchev–Trinajstić information content (AvgIpc) is 2.93. The fourth-order valence-corrected chi connectivity index (χ4v) is 2.23. The third kappa shape index (κ3) is 2.56. The number of ether oxygens (including phenoxy) is 1. The van der Waals surface area contributed by atoms with Crippen molar-refractivity contribution in [2.45, 2.75) is 12.5 Å². The van der Waals surface area contributed by atoms with E-state index in [-0.39, 0.29) is 11.3 Å². The summed E-state index contributed by atoms with van der Waals surface area (Å²) in [6.07, 6.45) is -0.211. The molecule has 3 rings (SSSR count). The molecular formula is C16H11FN2O2. The highest BCUT2D eigenvalue weighted by molar-refractivity contribution is 5.95. The minimum atomic E-state index is -0.669. The van der Waals surface area contributed by atoms with Gasteiger partial charge in [-0.1, -0.05) is 18.2 Å². The fraction of sp³-hybridized carbons (Fsp3) is 0.125. The van der Waals surface area contributed by atoms with E-state index >= 15 is 0 Å². The lowest BCUT2D eigenvalue weighted by Crippen LogP contribution is -2.31. The van der Waals surface area contributed by atoms with Gasteiger partial charge in [-0.25, -0.2) is 4.39 Å². The van der Waals surface area contributed by atoms with Gasteiger partial charge in [0.15, 0.2) is 6.10 Å². The Labute approximate surface area is 120 Å². The maximum Gasteiger partial charge on any atom is 0.265 e. The highest BCUT2D eigenvalue weighted by atomic mass is 19.1. The maximum absolute atomic E-state index is 13.7. The molecule has 0 bridgehead atoms. The first-order valence-corrected chi connectivity index (χ1v) is 6.42. The molecule has 0 spiro atoms. The van der Waals surface area contributed by atoms with Crippen LogP contribution in [-0.4, -0.2) is 12.0 Å². The molecule has 2 aromatic carbocycles. The van der Waals surface area contributed by atoms with Gasteiger partial charge in [-0.05, 0) is 29.8 Å². The Kier molecular flexibility index (Phi) is 3.28. The van der Waals surface area contributed by atoms with Crippen LogP contribution in [0.15, 0.2) is 42.5 Å². The summed E-state index contributed by atoms with van der Waals surface area (Å²) in [4.78, 5) is 12.1. The number of nitriles is 1. The average molecular weight is 282 g/mol. The number of nitrogens with zero attached hydrogens (tertiary/aromatic N) is 1. The molecule has 1 unspecified atom stereocenters. The molecule has 2 aromatic rings. The quantitative estimate of drug-likeness (QED) is 0.921. The minimum Gasteiger partial charge on any atom is -0.480 e. The molecule has 104 valence electrons. The normalized spacial score (nSPS) is 15.7. The monoisotopic (exact) mass is 282 g/mol. The van der Waals surface area contributed by atoms with Crippen LogP contribution in [-0.2, 0) is 11.2 Å². The number of para-hydroxylation sites is 1. The summed E-state index contributed by atoms with van der Waals surface area (Å²) >= 11 is 0. The van der Waals surface area contributed by atoms with Crippen molar-refractivity contribution in [2.75, 3.05) is 5.32 Å². The molecule has 1 N–H and O–H groups in total. The molecule has 1 aliphatic rings. The molecule has 0 radical (unpaired) electrons. The number of carbonyl (C=O) groups excluding carboxylic acids is 1. The fourth-order valence-electron chi connectivity index (χ4n) is 2.23. The number of halogens is 1. The maximum atomic E-state index is 13.7. The van der Waals surface area contributed by atoms with E-state index in [0.717, 1.165) is 11.6 Å². The molecule has 0 saturated carbocycles. The Balaban J connectivity index is 1.73. The van der Waals surface area contributed by atoms with Crippen LogP contribution >= 0.6 is 0 Å². The second kappa shape index (κ2) is 5.25. The molecule has 21 heavy (non-hydrogen) atoms. The summed E-state index contributed by atoms with van der Waals surface area (Å²) in [5, 5.41) is 11.2. The van der Waals surface area contributed by atoms with Crippen molar-refractivity contribution in [1.29, 1.82) is 5.26 Å². The molecule has 0 aliphatic carbocycles. The topological polar surface area (TPSA) is 62.1 Å². The van der Waals surface area contributed by atoms with E-state index in [0.29, 0.717) is 12.2 Å². The molecule has 1 atom stereocenters. The lowest BCUT2D eigenvalue weighted by Gasteiger charge is -2.12. The van der Waals surface area contributed by atoms with Crippen molar-refractivity contribution < 1.29 is 13.9 Å². The van der Waals surface area contributed by atoms with Crippen molar-refractivity contribution in [2.24, 2.45) is 0 Å². The van der Waals surface area contributed by atoms with Crippen LogP contribution in [0.1, 0.15) is 11.1 Å². The van der Waals surface area contributed by atoms with Gasteiger partial charge in [-0.3, -0.25) is 4.79 Å². The summed E-state index contributed by atoms with van der Waals surface area (Å²) in [5.41, 5.74) is 1.20. The van der Waals surface area contributed by atoms with E-state index in [9.17, 15) is 9.18 Å². The van der Waals surface area contributed by atoms with Crippen LogP contribution in [0, 0.1) is 17.1 Å². The van der Waals surface area contributed by atoms with Crippen molar-refractivity contribution in [3.05, 3.63) is 59.4 Å². The van der Waals surface area contributed by atoms with Crippen molar-refractivity contribution in [3.63, 3.8) is 0 Å². The standard InChI is InChI=1S/C16H11FN2O2/c17-12-7-10(9-18)5-6-13(12)19-16(20)15-8-11-3-1-2-4-14(11)21-15/h1-7,15H,8H2,(H,19,20). The first kappa shape index (κ1) is 13.1. The molecule has 0 aromatic heterocycles. The number of nitrogens with one attached hydrogen (secondary N) is 1. The predicted molar refractivity (Wildman–Crippen MR) is 74.3 cm³/mol. The Bertz CT molecular complexity index is 727. The second-order valence-electron chi connectivity index (χ2n) is 4.71. The van der Waals surface area contributed by atoms with Gasteiger partial charge in [0.25, 0.3) is 5.91 Å². The van der Waals surface area contributed by atoms with E-state index in [1.165, 1.54) is 12.1 Å². The smallest absolute Gasteiger partial charge is 0.265 e. The van der Waals surface area contributed by atoms with Gasteiger partial charge < -0.3 is 10.1 Å². The molecule has 0 fully saturated rings. The van der Waals surface area contributed by atoms with Crippen LogP contribution in [0.5, 0.6) is 5.75 Å². The van der Waals surface area contributed by atoms with E-state index < -0.39 is 17.8 Å². The summed E-state index contributed by atoms with van der Waals surface area (Å²) in [6, 6.07) is 13.1. The predicted octanol–water partition coefficient (Wildman–Crippen LogP) is 2.64. The zero-order valence-electron chi connectivity index (χ0n) is 11.0. The lowest BCUT2D eigenvalue weighted by atomic mass is 10.1. The van der Waals surface area contributed by atoms with Crippen LogP contribution in [0.2, 0.25) is 0 Å². The van der Waals surface area contributed by atoms with Crippen LogP contribution in [0.25, 0.3) is 0 Å².